The summed E-state index contributed by atoms with van der Waals surface area (Å²) in [6.45, 7) is -0.311. The van der Waals surface area contributed by atoms with E-state index in [1.807, 2.05) is 0 Å². The molecule has 70 valence electrons. The van der Waals surface area contributed by atoms with Crippen molar-refractivity contribution in [1.82, 2.24) is 0 Å². The van der Waals surface area contributed by atoms with Crippen molar-refractivity contribution in [1.29, 1.82) is 0 Å². The lowest BCUT2D eigenvalue weighted by molar-refractivity contribution is 0.343. The van der Waals surface area contributed by atoms with Crippen LogP contribution in [0.15, 0.2) is 24.3 Å². The van der Waals surface area contributed by atoms with E-state index >= 15 is 0 Å². The molecular formula is C9H7ClF2O. The van der Waals surface area contributed by atoms with Gasteiger partial charge in [0.05, 0.1) is 6.61 Å². The third-order valence-corrected chi connectivity index (χ3v) is 1.84. The van der Waals surface area contributed by atoms with Crippen LogP contribution in [0.25, 0.3) is 5.03 Å². The third kappa shape index (κ3) is 2.26. The van der Waals surface area contributed by atoms with E-state index in [1.54, 1.807) is 0 Å². The number of hydrogen-bond acceptors (Lipinski definition) is 1. The molecule has 0 atom stereocenters. The molecule has 0 aliphatic rings. The molecule has 0 saturated heterocycles. The summed E-state index contributed by atoms with van der Waals surface area (Å²) in [5, 5.41) is 8.48. The molecule has 13 heavy (non-hydrogen) atoms. The summed E-state index contributed by atoms with van der Waals surface area (Å²) in [5.74, 6) is -1.96. The summed E-state index contributed by atoms with van der Waals surface area (Å²) in [4.78, 5) is 0. The number of aliphatic hydroxyl groups excluding tert-OH is 1. The Morgan fingerprint density at radius 1 is 1.46 bits per heavy atom. The quantitative estimate of drug-likeness (QED) is 0.785. The zero-order chi connectivity index (χ0) is 9.84. The molecule has 1 aromatic rings. The molecule has 1 rings (SSSR count). The van der Waals surface area contributed by atoms with Crippen LogP contribution >= 0.6 is 11.6 Å². The minimum absolute atomic E-state index is 0.000463. The van der Waals surface area contributed by atoms with Crippen LogP contribution in [0.1, 0.15) is 5.56 Å². The van der Waals surface area contributed by atoms with Gasteiger partial charge in [-0.15, -0.1) is 0 Å². The highest BCUT2D eigenvalue weighted by atomic mass is 35.5. The number of aliphatic hydroxyl groups is 1. The van der Waals surface area contributed by atoms with Gasteiger partial charge in [0.1, 0.15) is 0 Å². The molecule has 1 aromatic carbocycles. The second kappa shape index (κ2) is 4.35. The molecule has 0 saturated carbocycles. The molecule has 0 fully saturated rings. The summed E-state index contributed by atoms with van der Waals surface area (Å²) in [6, 6.07) is 3.69. The summed E-state index contributed by atoms with van der Waals surface area (Å²) < 4.78 is 25.6. The summed E-state index contributed by atoms with van der Waals surface area (Å²) in [7, 11) is 0. The lowest BCUT2D eigenvalue weighted by Crippen LogP contribution is -1.90. The van der Waals surface area contributed by atoms with E-state index in [4.69, 9.17) is 16.7 Å². The minimum atomic E-state index is -1.00. The Hall–Kier alpha value is -0.930. The highest BCUT2D eigenvalue weighted by molar-refractivity contribution is 6.48. The zero-order valence-electron chi connectivity index (χ0n) is 6.60. The SMILES string of the molecule is OC/C=C(/Cl)c1cccc(F)c1F. The predicted octanol–water partition coefficient (Wildman–Crippen LogP) is 2.54. The average molecular weight is 205 g/mol. The lowest BCUT2D eigenvalue weighted by atomic mass is 10.2. The van der Waals surface area contributed by atoms with Crippen molar-refractivity contribution in [2.45, 2.75) is 0 Å². The summed E-state index contributed by atoms with van der Waals surface area (Å²) in [6.07, 6.45) is 1.19. The van der Waals surface area contributed by atoms with Crippen molar-refractivity contribution in [2.75, 3.05) is 6.61 Å². The second-order valence-electron chi connectivity index (χ2n) is 2.34. The van der Waals surface area contributed by atoms with Crippen molar-refractivity contribution >= 4 is 16.6 Å². The molecule has 0 aromatic heterocycles. The average Bonchev–Trinajstić information content (AvgIpc) is 2.10. The van der Waals surface area contributed by atoms with E-state index in [0.717, 1.165) is 6.07 Å². The van der Waals surface area contributed by atoms with E-state index in [0.29, 0.717) is 0 Å². The second-order valence-corrected chi connectivity index (χ2v) is 2.74. The Kier molecular flexibility index (Phi) is 3.39. The van der Waals surface area contributed by atoms with Gasteiger partial charge < -0.3 is 5.11 Å². The van der Waals surface area contributed by atoms with Crippen LogP contribution in [0, 0.1) is 11.6 Å². The van der Waals surface area contributed by atoms with Gasteiger partial charge in [-0.05, 0) is 12.1 Å². The smallest absolute Gasteiger partial charge is 0.167 e. The van der Waals surface area contributed by atoms with E-state index in [9.17, 15) is 8.78 Å². The van der Waals surface area contributed by atoms with Gasteiger partial charge in [-0.3, -0.25) is 0 Å². The van der Waals surface area contributed by atoms with Crippen molar-refractivity contribution in [3.63, 3.8) is 0 Å². The van der Waals surface area contributed by atoms with Gasteiger partial charge >= 0.3 is 0 Å². The Morgan fingerprint density at radius 2 is 2.15 bits per heavy atom. The van der Waals surface area contributed by atoms with Crippen molar-refractivity contribution < 1.29 is 13.9 Å². The molecule has 0 heterocycles. The normalized spacial score (nSPS) is 11.8. The molecule has 0 unspecified atom stereocenters. The van der Waals surface area contributed by atoms with Crippen LogP contribution in [0.3, 0.4) is 0 Å². The van der Waals surface area contributed by atoms with Crippen molar-refractivity contribution in [3.8, 4) is 0 Å². The van der Waals surface area contributed by atoms with Crippen molar-refractivity contribution in [2.24, 2.45) is 0 Å². The highest BCUT2D eigenvalue weighted by Crippen LogP contribution is 2.22. The highest BCUT2D eigenvalue weighted by Gasteiger charge is 2.09. The molecule has 1 N–H and O–H groups in total. The van der Waals surface area contributed by atoms with Gasteiger partial charge in [-0.2, -0.15) is 0 Å². The number of hydrogen-bond donors (Lipinski definition) is 1. The minimum Gasteiger partial charge on any atom is -0.392 e. The first kappa shape index (κ1) is 10.2. The van der Waals surface area contributed by atoms with Gasteiger partial charge in [0.15, 0.2) is 11.6 Å². The summed E-state index contributed by atoms with van der Waals surface area (Å²) in [5.41, 5.74) is -0.0456. The predicted molar refractivity (Wildman–Crippen MR) is 47.3 cm³/mol. The third-order valence-electron chi connectivity index (χ3n) is 1.48. The van der Waals surface area contributed by atoms with Crippen LogP contribution < -0.4 is 0 Å². The maximum atomic E-state index is 13.0. The number of rotatable bonds is 2. The van der Waals surface area contributed by atoms with Crippen LogP contribution in [-0.2, 0) is 0 Å². The standard InChI is InChI=1S/C9H7ClF2O/c10-7(4-5-13)6-2-1-3-8(11)9(6)12/h1-4,13H,5H2/b7-4+. The maximum Gasteiger partial charge on any atom is 0.167 e. The molecule has 4 heteroatoms. The number of benzene rings is 1. The topological polar surface area (TPSA) is 20.2 Å². The first-order chi connectivity index (χ1) is 6.16. The first-order valence-electron chi connectivity index (χ1n) is 3.57. The van der Waals surface area contributed by atoms with Gasteiger partial charge in [0, 0.05) is 10.6 Å². The molecule has 0 radical (unpaired) electrons. The van der Waals surface area contributed by atoms with Crippen LogP contribution in [-0.4, -0.2) is 11.7 Å². The summed E-state index contributed by atoms with van der Waals surface area (Å²) >= 11 is 5.58. The van der Waals surface area contributed by atoms with E-state index in [-0.39, 0.29) is 17.2 Å². The van der Waals surface area contributed by atoms with Crippen LogP contribution in [0.2, 0.25) is 0 Å². The van der Waals surface area contributed by atoms with Crippen LogP contribution in [0.4, 0.5) is 8.78 Å². The Balaban J connectivity index is 3.15. The van der Waals surface area contributed by atoms with Crippen LogP contribution in [0.5, 0.6) is 0 Å². The Morgan fingerprint density at radius 3 is 2.77 bits per heavy atom. The maximum absolute atomic E-state index is 13.0. The fourth-order valence-electron chi connectivity index (χ4n) is 0.878. The molecule has 1 nitrogen and oxygen atoms in total. The fourth-order valence-corrected chi connectivity index (χ4v) is 1.09. The van der Waals surface area contributed by atoms with Gasteiger partial charge in [-0.1, -0.05) is 23.7 Å². The van der Waals surface area contributed by atoms with Gasteiger partial charge in [-0.25, -0.2) is 8.78 Å². The van der Waals surface area contributed by atoms with Gasteiger partial charge in [0.2, 0.25) is 0 Å². The Bertz CT molecular complexity index is 336. The molecule has 0 aliphatic carbocycles. The number of halogens is 3. The molecule has 0 aliphatic heterocycles. The largest absolute Gasteiger partial charge is 0.392 e. The molecule has 0 amide bonds. The molecule has 0 bridgehead atoms. The lowest BCUT2D eigenvalue weighted by Gasteiger charge is -2.01. The Labute approximate surface area is 79.3 Å². The molecular weight excluding hydrogens is 198 g/mol. The van der Waals surface area contributed by atoms with E-state index < -0.39 is 11.6 Å². The zero-order valence-corrected chi connectivity index (χ0v) is 7.35. The monoisotopic (exact) mass is 204 g/mol. The van der Waals surface area contributed by atoms with Crippen molar-refractivity contribution in [3.05, 3.63) is 41.5 Å². The van der Waals surface area contributed by atoms with E-state index in [2.05, 4.69) is 0 Å². The van der Waals surface area contributed by atoms with Gasteiger partial charge in [0.25, 0.3) is 0 Å². The first-order valence-corrected chi connectivity index (χ1v) is 3.95. The van der Waals surface area contributed by atoms with E-state index in [1.165, 1.54) is 18.2 Å². The molecule has 0 spiro atoms. The fraction of sp³-hybridized carbons (Fsp3) is 0.111.